The summed E-state index contributed by atoms with van der Waals surface area (Å²) >= 11 is 0. The van der Waals surface area contributed by atoms with Crippen molar-refractivity contribution < 1.29 is 9.18 Å². The van der Waals surface area contributed by atoms with Crippen LogP contribution in [0.1, 0.15) is 36.8 Å². The van der Waals surface area contributed by atoms with Crippen molar-refractivity contribution in [3.05, 3.63) is 78.0 Å². The first kappa shape index (κ1) is 18.5. The Morgan fingerprint density at radius 2 is 1.78 bits per heavy atom. The number of amides is 1. The van der Waals surface area contributed by atoms with Gasteiger partial charge < -0.3 is 10.6 Å². The summed E-state index contributed by atoms with van der Waals surface area (Å²) in [5.41, 5.74) is 2.42. The highest BCUT2D eigenvalue weighted by Gasteiger charge is 2.19. The molecule has 0 atom stereocenters. The summed E-state index contributed by atoms with van der Waals surface area (Å²) in [6.07, 6.45) is 1.30. The summed E-state index contributed by atoms with van der Waals surface area (Å²) in [4.78, 5) is 20.8. The molecule has 5 nitrogen and oxygen atoms in total. The van der Waals surface area contributed by atoms with Crippen molar-refractivity contribution in [3.8, 4) is 0 Å². The predicted octanol–water partition coefficient (Wildman–Crippen LogP) is 4.91. The molecule has 1 amide bonds. The number of nitrogens with zero attached hydrogens (tertiary/aromatic N) is 2. The Labute approximate surface area is 157 Å². The van der Waals surface area contributed by atoms with Crippen molar-refractivity contribution in [2.45, 2.75) is 26.2 Å². The number of aromatic nitrogens is 2. The number of carbonyl (C=O) groups excluding carboxylic acids is 1. The van der Waals surface area contributed by atoms with Gasteiger partial charge in [0.2, 0.25) is 0 Å². The summed E-state index contributed by atoms with van der Waals surface area (Å²) < 4.78 is 13.3. The minimum absolute atomic E-state index is 0.111. The Morgan fingerprint density at radius 3 is 2.52 bits per heavy atom. The van der Waals surface area contributed by atoms with Crippen molar-refractivity contribution in [2.24, 2.45) is 0 Å². The lowest BCUT2D eigenvalue weighted by atomic mass is 9.86. The van der Waals surface area contributed by atoms with Crippen molar-refractivity contribution in [3.63, 3.8) is 0 Å². The zero-order chi connectivity index (χ0) is 19.4. The molecule has 0 spiro atoms. The number of benzene rings is 2. The average Bonchev–Trinajstić information content (AvgIpc) is 2.61. The molecule has 2 N–H and O–H groups in total. The second-order valence-corrected chi connectivity index (χ2v) is 7.17. The molecule has 0 bridgehead atoms. The van der Waals surface area contributed by atoms with E-state index in [4.69, 9.17) is 0 Å². The van der Waals surface area contributed by atoms with E-state index in [1.54, 1.807) is 12.1 Å². The molecule has 0 aliphatic rings. The van der Waals surface area contributed by atoms with Gasteiger partial charge in [-0.15, -0.1) is 0 Å². The number of hydrogen-bond donors (Lipinski definition) is 2. The van der Waals surface area contributed by atoms with Crippen molar-refractivity contribution in [1.29, 1.82) is 0 Å². The standard InChI is InChI=1S/C21H21FN4O/c1-21(2,3)16-9-4-5-10-17(16)26-20(27)18-12-19(24-13-23-18)25-15-8-6-7-14(22)11-15/h4-13H,1-3H3,(H,26,27)(H,23,24,25). The lowest BCUT2D eigenvalue weighted by Gasteiger charge is -2.22. The molecule has 0 saturated carbocycles. The first-order valence-corrected chi connectivity index (χ1v) is 8.58. The third kappa shape index (κ3) is 4.67. The van der Waals surface area contributed by atoms with Crippen molar-refractivity contribution in [2.75, 3.05) is 10.6 Å². The fraction of sp³-hybridized carbons (Fsp3) is 0.190. The van der Waals surface area contributed by atoms with Gasteiger partial charge in [0, 0.05) is 17.4 Å². The van der Waals surface area contributed by atoms with Crippen LogP contribution in [0, 0.1) is 5.82 Å². The maximum atomic E-state index is 13.3. The molecule has 0 unspecified atom stereocenters. The van der Waals surface area contributed by atoms with E-state index < -0.39 is 0 Å². The number of carbonyl (C=O) groups is 1. The Bertz CT molecular complexity index is 966. The molecular formula is C21H21FN4O. The van der Waals surface area contributed by atoms with Crippen LogP contribution in [0.4, 0.5) is 21.6 Å². The van der Waals surface area contributed by atoms with Crippen LogP contribution in [-0.4, -0.2) is 15.9 Å². The van der Waals surface area contributed by atoms with Crippen molar-refractivity contribution >= 4 is 23.1 Å². The van der Waals surface area contributed by atoms with E-state index in [9.17, 15) is 9.18 Å². The monoisotopic (exact) mass is 364 g/mol. The largest absolute Gasteiger partial charge is 0.340 e. The Kier molecular flexibility index (Phi) is 5.16. The molecule has 3 aromatic rings. The molecule has 2 aromatic carbocycles. The molecular weight excluding hydrogens is 343 g/mol. The lowest BCUT2D eigenvalue weighted by Crippen LogP contribution is -2.19. The summed E-state index contributed by atoms with van der Waals surface area (Å²) in [5, 5.41) is 5.88. The maximum Gasteiger partial charge on any atom is 0.274 e. The van der Waals surface area contributed by atoms with E-state index in [2.05, 4.69) is 41.4 Å². The van der Waals surface area contributed by atoms with Crippen LogP contribution < -0.4 is 10.6 Å². The molecule has 27 heavy (non-hydrogen) atoms. The molecule has 0 radical (unpaired) electrons. The highest BCUT2D eigenvalue weighted by Crippen LogP contribution is 2.29. The van der Waals surface area contributed by atoms with E-state index in [-0.39, 0.29) is 22.8 Å². The molecule has 0 aliphatic carbocycles. The van der Waals surface area contributed by atoms with Gasteiger partial charge in [-0.3, -0.25) is 4.79 Å². The second-order valence-electron chi connectivity index (χ2n) is 7.17. The molecule has 0 fully saturated rings. The van der Waals surface area contributed by atoms with E-state index in [0.717, 1.165) is 11.3 Å². The van der Waals surface area contributed by atoms with Gasteiger partial charge in [0.15, 0.2) is 0 Å². The van der Waals surface area contributed by atoms with Gasteiger partial charge >= 0.3 is 0 Å². The topological polar surface area (TPSA) is 66.9 Å². The van der Waals surface area contributed by atoms with Crippen LogP contribution in [0.5, 0.6) is 0 Å². The minimum atomic E-state index is -0.356. The maximum absolute atomic E-state index is 13.3. The smallest absolute Gasteiger partial charge is 0.274 e. The van der Waals surface area contributed by atoms with Gasteiger partial charge in [-0.05, 0) is 35.2 Å². The normalized spacial score (nSPS) is 11.1. The average molecular weight is 364 g/mol. The van der Waals surface area contributed by atoms with Gasteiger partial charge in [0.1, 0.15) is 23.7 Å². The minimum Gasteiger partial charge on any atom is -0.340 e. The van der Waals surface area contributed by atoms with Crippen molar-refractivity contribution in [1.82, 2.24) is 9.97 Å². The number of nitrogens with one attached hydrogen (secondary N) is 2. The Morgan fingerprint density at radius 1 is 1.00 bits per heavy atom. The van der Waals surface area contributed by atoms with Gasteiger partial charge in [-0.2, -0.15) is 0 Å². The molecule has 1 aromatic heterocycles. The molecule has 0 aliphatic heterocycles. The van der Waals surface area contributed by atoms with E-state index in [1.807, 2.05) is 24.3 Å². The SMILES string of the molecule is CC(C)(C)c1ccccc1NC(=O)c1cc(Nc2cccc(F)c2)ncn1. The number of para-hydroxylation sites is 1. The fourth-order valence-corrected chi connectivity index (χ4v) is 2.70. The molecule has 138 valence electrons. The second kappa shape index (κ2) is 7.53. The quantitative estimate of drug-likeness (QED) is 0.690. The van der Waals surface area contributed by atoms with Gasteiger partial charge in [0.05, 0.1) is 0 Å². The zero-order valence-corrected chi connectivity index (χ0v) is 15.5. The fourth-order valence-electron chi connectivity index (χ4n) is 2.70. The Balaban J connectivity index is 1.81. The van der Waals surface area contributed by atoms with E-state index >= 15 is 0 Å². The zero-order valence-electron chi connectivity index (χ0n) is 15.5. The summed E-state index contributed by atoms with van der Waals surface area (Å²) in [6, 6.07) is 15.2. The third-order valence-corrected chi connectivity index (χ3v) is 3.98. The number of rotatable bonds is 4. The van der Waals surface area contributed by atoms with Crippen LogP contribution in [0.15, 0.2) is 60.9 Å². The van der Waals surface area contributed by atoms with Crippen LogP contribution in [0.25, 0.3) is 0 Å². The first-order valence-electron chi connectivity index (χ1n) is 8.58. The molecule has 0 saturated heterocycles. The predicted molar refractivity (Wildman–Crippen MR) is 105 cm³/mol. The van der Waals surface area contributed by atoms with Gasteiger partial charge in [-0.25, -0.2) is 14.4 Å². The number of hydrogen-bond acceptors (Lipinski definition) is 4. The van der Waals surface area contributed by atoms with E-state index in [0.29, 0.717) is 11.5 Å². The Hall–Kier alpha value is -3.28. The molecule has 6 heteroatoms. The van der Waals surface area contributed by atoms with Crippen LogP contribution in [0.2, 0.25) is 0 Å². The molecule has 3 rings (SSSR count). The summed E-state index contributed by atoms with van der Waals surface area (Å²) in [6.45, 7) is 6.26. The van der Waals surface area contributed by atoms with Crippen LogP contribution in [0.3, 0.4) is 0 Å². The molecule has 1 heterocycles. The highest BCUT2D eigenvalue weighted by atomic mass is 19.1. The number of halogens is 1. The summed E-state index contributed by atoms with van der Waals surface area (Å²) in [7, 11) is 0. The van der Waals surface area contributed by atoms with Crippen LogP contribution >= 0.6 is 0 Å². The highest BCUT2D eigenvalue weighted by molar-refractivity contribution is 6.03. The van der Waals surface area contributed by atoms with Crippen LogP contribution in [-0.2, 0) is 5.41 Å². The third-order valence-electron chi connectivity index (χ3n) is 3.98. The van der Waals surface area contributed by atoms with Gasteiger partial charge in [0.25, 0.3) is 5.91 Å². The number of anilines is 3. The lowest BCUT2D eigenvalue weighted by molar-refractivity contribution is 0.102. The first-order chi connectivity index (χ1) is 12.8. The van der Waals surface area contributed by atoms with Gasteiger partial charge in [-0.1, -0.05) is 45.0 Å². The summed E-state index contributed by atoms with van der Waals surface area (Å²) in [5.74, 6) is -0.285. The van der Waals surface area contributed by atoms with E-state index in [1.165, 1.54) is 24.5 Å².